The summed E-state index contributed by atoms with van der Waals surface area (Å²) in [5.74, 6) is 0.919. The van der Waals surface area contributed by atoms with E-state index in [1.165, 1.54) is 5.56 Å². The van der Waals surface area contributed by atoms with Crippen molar-refractivity contribution in [3.05, 3.63) is 29.8 Å². The molecule has 1 unspecified atom stereocenters. The van der Waals surface area contributed by atoms with Crippen LogP contribution < -0.4 is 4.74 Å². The summed E-state index contributed by atoms with van der Waals surface area (Å²) in [6, 6.07) is 8.74. The minimum Gasteiger partial charge on any atom is -0.497 e. The highest BCUT2D eigenvalue weighted by atomic mass is 16.5. The molecule has 0 radical (unpaired) electrons. The highest BCUT2D eigenvalue weighted by molar-refractivity contribution is 5.30. The Morgan fingerprint density at radius 3 is 2.57 bits per heavy atom. The van der Waals surface area contributed by atoms with Gasteiger partial charge in [-0.15, -0.1) is 0 Å². The molecule has 1 aromatic carbocycles. The first kappa shape index (κ1) is 16.7. The van der Waals surface area contributed by atoms with Crippen molar-refractivity contribution < 1.29 is 14.6 Å². The maximum Gasteiger partial charge on any atom is 0.119 e. The fraction of sp³-hybridized carbons (Fsp3) is 0.667. The Morgan fingerprint density at radius 2 is 2.00 bits per heavy atom. The zero-order valence-electron chi connectivity index (χ0n) is 14.2. The molecule has 0 saturated carbocycles. The number of benzene rings is 1. The molecule has 2 aliphatic rings. The molecule has 2 fully saturated rings. The SMILES string of the molecule is COc1cccc(C(C)N2CCN(CC3(CO)COC3)CC2)c1. The maximum absolute atomic E-state index is 9.58. The van der Waals surface area contributed by atoms with Gasteiger partial charge in [-0.2, -0.15) is 0 Å². The molecule has 2 aliphatic heterocycles. The molecule has 3 rings (SSSR count). The molecule has 1 aromatic rings. The van der Waals surface area contributed by atoms with Crippen molar-refractivity contribution in [3.8, 4) is 5.75 Å². The second-order valence-electron chi connectivity index (χ2n) is 6.92. The summed E-state index contributed by atoms with van der Waals surface area (Å²) in [5.41, 5.74) is 1.29. The summed E-state index contributed by atoms with van der Waals surface area (Å²) < 4.78 is 10.6. The van der Waals surface area contributed by atoms with Gasteiger partial charge in [-0.3, -0.25) is 9.80 Å². The van der Waals surface area contributed by atoms with Crippen LogP contribution in [0.4, 0.5) is 0 Å². The Hall–Kier alpha value is -1.14. The van der Waals surface area contributed by atoms with E-state index in [9.17, 15) is 5.11 Å². The lowest BCUT2D eigenvalue weighted by atomic mass is 9.86. The molecular weight excluding hydrogens is 292 g/mol. The van der Waals surface area contributed by atoms with Crippen LogP contribution in [-0.2, 0) is 4.74 Å². The summed E-state index contributed by atoms with van der Waals surface area (Å²) in [6.07, 6.45) is 0. The molecule has 0 aromatic heterocycles. The summed E-state index contributed by atoms with van der Waals surface area (Å²) in [7, 11) is 1.71. The standard InChI is InChI=1S/C18H28N2O3/c1-15(16-4-3-5-17(10-16)22-2)20-8-6-19(7-9-20)11-18(12-21)13-23-14-18/h3-5,10,15,21H,6-9,11-14H2,1-2H3. The number of nitrogens with zero attached hydrogens (tertiary/aromatic N) is 2. The fourth-order valence-electron chi connectivity index (χ4n) is 3.52. The quantitative estimate of drug-likeness (QED) is 0.858. The summed E-state index contributed by atoms with van der Waals surface area (Å²) in [4.78, 5) is 4.99. The summed E-state index contributed by atoms with van der Waals surface area (Å²) in [5, 5.41) is 9.58. The molecule has 0 aliphatic carbocycles. The zero-order valence-corrected chi connectivity index (χ0v) is 14.2. The van der Waals surface area contributed by atoms with Gasteiger partial charge >= 0.3 is 0 Å². The molecule has 5 heteroatoms. The Bertz CT molecular complexity index is 505. The van der Waals surface area contributed by atoms with Crippen LogP contribution in [-0.4, -0.2) is 74.6 Å². The van der Waals surface area contributed by atoms with Crippen LogP contribution in [0.25, 0.3) is 0 Å². The third kappa shape index (κ3) is 3.69. The molecule has 2 heterocycles. The van der Waals surface area contributed by atoms with Gasteiger partial charge in [0.1, 0.15) is 5.75 Å². The summed E-state index contributed by atoms with van der Waals surface area (Å²) in [6.45, 7) is 9.05. The molecule has 23 heavy (non-hydrogen) atoms. The first-order valence-electron chi connectivity index (χ1n) is 8.45. The number of methoxy groups -OCH3 is 1. The van der Waals surface area contributed by atoms with Gasteiger partial charge in [0.2, 0.25) is 0 Å². The van der Waals surface area contributed by atoms with Gasteiger partial charge in [-0.1, -0.05) is 12.1 Å². The predicted octanol–water partition coefficient (Wildman–Crippen LogP) is 1.38. The van der Waals surface area contributed by atoms with Crippen molar-refractivity contribution in [2.45, 2.75) is 13.0 Å². The zero-order chi connectivity index (χ0) is 16.3. The number of hydrogen-bond acceptors (Lipinski definition) is 5. The molecule has 1 atom stereocenters. The highest BCUT2D eigenvalue weighted by Crippen LogP contribution is 2.29. The van der Waals surface area contributed by atoms with Crippen LogP contribution in [0.3, 0.4) is 0 Å². The van der Waals surface area contributed by atoms with Crippen molar-refractivity contribution in [2.24, 2.45) is 5.41 Å². The first-order valence-corrected chi connectivity index (χ1v) is 8.45. The molecule has 0 bridgehead atoms. The first-order chi connectivity index (χ1) is 11.2. The fourth-order valence-corrected chi connectivity index (χ4v) is 3.52. The van der Waals surface area contributed by atoms with Crippen LogP contribution >= 0.6 is 0 Å². The molecule has 0 spiro atoms. The average molecular weight is 320 g/mol. The van der Waals surface area contributed by atoms with Crippen LogP contribution in [0.1, 0.15) is 18.5 Å². The van der Waals surface area contributed by atoms with E-state index in [1.807, 2.05) is 6.07 Å². The van der Waals surface area contributed by atoms with Crippen molar-refractivity contribution >= 4 is 0 Å². The molecule has 2 saturated heterocycles. The lowest BCUT2D eigenvalue weighted by Crippen LogP contribution is -2.57. The molecular formula is C18H28N2O3. The molecule has 0 amide bonds. The van der Waals surface area contributed by atoms with Gasteiger partial charge in [0.05, 0.1) is 32.3 Å². The Kier molecular flexibility index (Phi) is 5.21. The highest BCUT2D eigenvalue weighted by Gasteiger charge is 2.40. The smallest absolute Gasteiger partial charge is 0.119 e. The normalized spacial score (nSPS) is 23.3. The Morgan fingerprint density at radius 1 is 1.26 bits per heavy atom. The number of aliphatic hydroxyl groups excluding tert-OH is 1. The number of hydrogen-bond donors (Lipinski definition) is 1. The molecule has 1 N–H and O–H groups in total. The van der Waals surface area contributed by atoms with E-state index in [0.717, 1.165) is 38.5 Å². The van der Waals surface area contributed by atoms with Gasteiger partial charge in [-0.25, -0.2) is 0 Å². The lowest BCUT2D eigenvalue weighted by Gasteiger charge is -2.46. The van der Waals surface area contributed by atoms with Crippen LogP contribution in [0.5, 0.6) is 5.75 Å². The topological polar surface area (TPSA) is 45.2 Å². The third-order valence-electron chi connectivity index (χ3n) is 5.24. The number of ether oxygens (including phenoxy) is 2. The van der Waals surface area contributed by atoms with Gasteiger partial charge in [-0.05, 0) is 24.6 Å². The van der Waals surface area contributed by atoms with Crippen LogP contribution in [0, 0.1) is 5.41 Å². The number of aliphatic hydroxyl groups is 1. The van der Waals surface area contributed by atoms with Gasteiger partial charge in [0.15, 0.2) is 0 Å². The van der Waals surface area contributed by atoms with Gasteiger partial charge in [0.25, 0.3) is 0 Å². The van der Waals surface area contributed by atoms with E-state index in [2.05, 4.69) is 34.9 Å². The van der Waals surface area contributed by atoms with Gasteiger partial charge in [0, 0.05) is 38.8 Å². The minimum absolute atomic E-state index is 0.0133. The van der Waals surface area contributed by atoms with Crippen molar-refractivity contribution in [1.82, 2.24) is 9.80 Å². The average Bonchev–Trinajstić information content (AvgIpc) is 2.58. The van der Waals surface area contributed by atoms with E-state index in [0.29, 0.717) is 19.3 Å². The van der Waals surface area contributed by atoms with Gasteiger partial charge < -0.3 is 14.6 Å². The Balaban J connectivity index is 1.53. The Labute approximate surface area is 138 Å². The second kappa shape index (κ2) is 7.18. The minimum atomic E-state index is -0.0133. The van der Waals surface area contributed by atoms with E-state index in [1.54, 1.807) is 7.11 Å². The van der Waals surface area contributed by atoms with E-state index in [-0.39, 0.29) is 12.0 Å². The monoisotopic (exact) mass is 320 g/mol. The molecule has 128 valence electrons. The molecule has 5 nitrogen and oxygen atoms in total. The van der Waals surface area contributed by atoms with Crippen molar-refractivity contribution in [3.63, 3.8) is 0 Å². The van der Waals surface area contributed by atoms with Crippen molar-refractivity contribution in [2.75, 3.05) is 59.7 Å². The van der Waals surface area contributed by atoms with Crippen LogP contribution in [0.2, 0.25) is 0 Å². The van der Waals surface area contributed by atoms with E-state index < -0.39 is 0 Å². The number of rotatable bonds is 6. The third-order valence-corrected chi connectivity index (χ3v) is 5.24. The summed E-state index contributed by atoms with van der Waals surface area (Å²) >= 11 is 0. The van der Waals surface area contributed by atoms with E-state index >= 15 is 0 Å². The van der Waals surface area contributed by atoms with Crippen molar-refractivity contribution in [1.29, 1.82) is 0 Å². The predicted molar refractivity (Wildman–Crippen MR) is 89.8 cm³/mol. The lowest BCUT2D eigenvalue weighted by molar-refractivity contribution is -0.151. The van der Waals surface area contributed by atoms with Crippen LogP contribution in [0.15, 0.2) is 24.3 Å². The second-order valence-corrected chi connectivity index (χ2v) is 6.92. The maximum atomic E-state index is 9.58. The largest absolute Gasteiger partial charge is 0.497 e. The van der Waals surface area contributed by atoms with E-state index in [4.69, 9.17) is 9.47 Å². The number of piperazine rings is 1.